The third kappa shape index (κ3) is 3.36. The lowest BCUT2D eigenvalue weighted by Gasteiger charge is -2.37. The van der Waals surface area contributed by atoms with Crippen molar-refractivity contribution in [1.82, 2.24) is 5.32 Å². The van der Waals surface area contributed by atoms with Gasteiger partial charge < -0.3 is 5.32 Å². The predicted molar refractivity (Wildman–Crippen MR) is 96.1 cm³/mol. The number of hydrogen-bond acceptors (Lipinski definition) is 3. The number of nitrogens with one attached hydrogen (secondary N) is 1. The maximum atomic E-state index is 12.9. The van der Waals surface area contributed by atoms with E-state index >= 15 is 0 Å². The number of piperidine rings is 1. The van der Waals surface area contributed by atoms with Gasteiger partial charge in [0.1, 0.15) is 5.78 Å². The molecule has 1 fully saturated rings. The molecule has 1 saturated heterocycles. The van der Waals surface area contributed by atoms with E-state index < -0.39 is 0 Å². The van der Waals surface area contributed by atoms with E-state index in [0.717, 1.165) is 25.9 Å². The number of carbonyl (C=O) groups excluding carboxylic acids is 1. The minimum atomic E-state index is -0.321. The van der Waals surface area contributed by atoms with Crippen molar-refractivity contribution in [2.75, 3.05) is 13.1 Å². The van der Waals surface area contributed by atoms with E-state index in [1.54, 1.807) is 11.8 Å². The second kappa shape index (κ2) is 7.33. The molecule has 0 aliphatic carbocycles. The van der Waals surface area contributed by atoms with E-state index in [1.807, 2.05) is 13.0 Å². The summed E-state index contributed by atoms with van der Waals surface area (Å²) in [6.45, 7) is 3.81. The Morgan fingerprint density at radius 2 is 1.70 bits per heavy atom. The monoisotopic (exact) mass is 325 g/mol. The molecule has 0 aromatic heterocycles. The fourth-order valence-electron chi connectivity index (χ4n) is 3.46. The summed E-state index contributed by atoms with van der Waals surface area (Å²) in [5.41, 5.74) is 0.889. The van der Waals surface area contributed by atoms with Crippen LogP contribution in [0.25, 0.3) is 0 Å². The molecule has 0 saturated carbocycles. The number of carbonyl (C=O) groups is 1. The molecular weight excluding hydrogens is 302 g/mol. The van der Waals surface area contributed by atoms with Crippen molar-refractivity contribution in [3.8, 4) is 0 Å². The van der Waals surface area contributed by atoms with Gasteiger partial charge in [-0.25, -0.2) is 0 Å². The van der Waals surface area contributed by atoms with E-state index in [-0.39, 0.29) is 5.41 Å². The van der Waals surface area contributed by atoms with Crippen LogP contribution in [0.5, 0.6) is 0 Å². The van der Waals surface area contributed by atoms with Crippen LogP contribution in [0.15, 0.2) is 64.4 Å². The summed E-state index contributed by atoms with van der Waals surface area (Å²) >= 11 is 1.76. The van der Waals surface area contributed by atoms with Crippen molar-refractivity contribution in [2.45, 2.75) is 41.4 Å². The van der Waals surface area contributed by atoms with Gasteiger partial charge in [0.15, 0.2) is 0 Å². The van der Waals surface area contributed by atoms with E-state index in [2.05, 4.69) is 53.8 Å². The van der Waals surface area contributed by atoms with E-state index in [4.69, 9.17) is 0 Å². The van der Waals surface area contributed by atoms with Crippen molar-refractivity contribution >= 4 is 17.5 Å². The molecule has 2 nitrogen and oxygen atoms in total. The molecule has 0 atom stereocenters. The number of ketones is 1. The first-order chi connectivity index (χ1) is 11.3. The molecule has 120 valence electrons. The van der Waals surface area contributed by atoms with Crippen LogP contribution < -0.4 is 5.32 Å². The minimum Gasteiger partial charge on any atom is -0.317 e. The zero-order valence-electron chi connectivity index (χ0n) is 13.5. The molecule has 3 rings (SSSR count). The minimum absolute atomic E-state index is 0.321. The lowest BCUT2D eigenvalue weighted by Crippen LogP contribution is -2.45. The number of benzene rings is 2. The number of rotatable bonds is 5. The fraction of sp³-hybridized carbons (Fsp3) is 0.350. The van der Waals surface area contributed by atoms with Gasteiger partial charge in [-0.1, -0.05) is 55.1 Å². The Bertz CT molecular complexity index is 662. The van der Waals surface area contributed by atoms with Gasteiger partial charge in [-0.15, -0.1) is 0 Å². The second-order valence-electron chi connectivity index (χ2n) is 6.02. The molecule has 1 N–H and O–H groups in total. The van der Waals surface area contributed by atoms with E-state index in [0.29, 0.717) is 12.2 Å². The van der Waals surface area contributed by atoms with Crippen molar-refractivity contribution in [1.29, 1.82) is 0 Å². The first kappa shape index (κ1) is 16.3. The highest BCUT2D eigenvalue weighted by Crippen LogP contribution is 2.42. The van der Waals surface area contributed by atoms with Crippen LogP contribution in [-0.4, -0.2) is 18.9 Å². The Morgan fingerprint density at radius 1 is 1.04 bits per heavy atom. The van der Waals surface area contributed by atoms with Crippen LogP contribution in [0.2, 0.25) is 0 Å². The molecule has 1 aliphatic rings. The highest BCUT2D eigenvalue weighted by molar-refractivity contribution is 7.99. The first-order valence-corrected chi connectivity index (χ1v) is 9.14. The summed E-state index contributed by atoms with van der Waals surface area (Å²) in [6, 6.07) is 18.8. The van der Waals surface area contributed by atoms with Gasteiger partial charge in [0.2, 0.25) is 0 Å². The fourth-order valence-corrected chi connectivity index (χ4v) is 4.52. The van der Waals surface area contributed by atoms with Crippen LogP contribution >= 0.6 is 11.8 Å². The Hall–Kier alpha value is -1.58. The lowest BCUT2D eigenvalue weighted by molar-refractivity contribution is -0.125. The molecule has 1 aliphatic heterocycles. The number of hydrogen-bond donors (Lipinski definition) is 1. The Labute approximate surface area is 142 Å². The SMILES string of the molecule is CCC(=O)C1(c2ccccc2Sc2ccccc2)CCNCC1. The molecule has 0 radical (unpaired) electrons. The van der Waals surface area contributed by atoms with Crippen LogP contribution in [0.4, 0.5) is 0 Å². The van der Waals surface area contributed by atoms with Gasteiger partial charge >= 0.3 is 0 Å². The molecule has 2 aromatic carbocycles. The molecule has 2 aromatic rings. The molecule has 0 amide bonds. The summed E-state index contributed by atoms with van der Waals surface area (Å²) in [6.07, 6.45) is 2.39. The molecule has 3 heteroatoms. The Morgan fingerprint density at radius 3 is 2.39 bits per heavy atom. The van der Waals surface area contributed by atoms with Gasteiger partial charge in [0.05, 0.1) is 5.41 Å². The van der Waals surface area contributed by atoms with Crippen LogP contribution in [0.3, 0.4) is 0 Å². The maximum absolute atomic E-state index is 12.9. The molecule has 0 bridgehead atoms. The number of Topliss-reactive ketones (excluding diaryl/α,β-unsaturated/α-hetero) is 1. The maximum Gasteiger partial charge on any atom is 0.143 e. The first-order valence-electron chi connectivity index (χ1n) is 8.33. The normalized spacial score (nSPS) is 16.9. The van der Waals surface area contributed by atoms with Crippen LogP contribution in [-0.2, 0) is 10.2 Å². The zero-order chi connectivity index (χ0) is 16.1. The topological polar surface area (TPSA) is 29.1 Å². The van der Waals surface area contributed by atoms with E-state index in [1.165, 1.54) is 15.4 Å². The van der Waals surface area contributed by atoms with Crippen molar-refractivity contribution in [2.24, 2.45) is 0 Å². The molecule has 23 heavy (non-hydrogen) atoms. The molecule has 0 unspecified atom stereocenters. The summed E-state index contributed by atoms with van der Waals surface area (Å²) < 4.78 is 0. The van der Waals surface area contributed by atoms with Gasteiger partial charge in [-0.2, -0.15) is 0 Å². The predicted octanol–water partition coefficient (Wildman–Crippen LogP) is 4.44. The van der Waals surface area contributed by atoms with Crippen LogP contribution in [0, 0.1) is 0 Å². The summed E-state index contributed by atoms with van der Waals surface area (Å²) in [5.74, 6) is 0.375. The smallest absolute Gasteiger partial charge is 0.143 e. The van der Waals surface area contributed by atoms with E-state index in [9.17, 15) is 4.79 Å². The Kier molecular flexibility index (Phi) is 5.19. The largest absolute Gasteiger partial charge is 0.317 e. The van der Waals surface area contributed by atoms with Crippen LogP contribution in [0.1, 0.15) is 31.7 Å². The lowest BCUT2D eigenvalue weighted by atomic mass is 9.69. The van der Waals surface area contributed by atoms with Gasteiger partial charge in [0, 0.05) is 16.2 Å². The average Bonchev–Trinajstić information content (AvgIpc) is 2.63. The van der Waals surface area contributed by atoms with Gasteiger partial charge in [0.25, 0.3) is 0 Å². The summed E-state index contributed by atoms with van der Waals surface area (Å²) in [7, 11) is 0. The van der Waals surface area contributed by atoms with Gasteiger partial charge in [-0.3, -0.25) is 4.79 Å². The Balaban J connectivity index is 2.02. The van der Waals surface area contributed by atoms with Crippen molar-refractivity contribution in [3.05, 3.63) is 60.2 Å². The summed E-state index contributed by atoms with van der Waals surface area (Å²) in [4.78, 5) is 15.3. The standard InChI is InChI=1S/C20H23NOS/c1-2-19(22)20(12-14-21-15-13-20)17-10-6-7-11-18(17)23-16-8-4-3-5-9-16/h3-11,21H,2,12-15H2,1H3. The molecule has 0 spiro atoms. The molecule has 1 heterocycles. The highest BCUT2D eigenvalue weighted by atomic mass is 32.2. The quantitative estimate of drug-likeness (QED) is 0.881. The van der Waals surface area contributed by atoms with Gasteiger partial charge in [-0.05, 0) is 49.7 Å². The average molecular weight is 325 g/mol. The zero-order valence-corrected chi connectivity index (χ0v) is 14.4. The third-order valence-corrected chi connectivity index (χ3v) is 5.77. The van der Waals surface area contributed by atoms with Crippen molar-refractivity contribution < 1.29 is 4.79 Å². The third-order valence-electron chi connectivity index (χ3n) is 4.69. The second-order valence-corrected chi connectivity index (χ2v) is 7.14. The van der Waals surface area contributed by atoms with Crippen molar-refractivity contribution in [3.63, 3.8) is 0 Å². The molecular formula is C20H23NOS. The highest BCUT2D eigenvalue weighted by Gasteiger charge is 2.41. The summed E-state index contributed by atoms with van der Waals surface area (Å²) in [5, 5.41) is 3.40.